The maximum absolute atomic E-state index is 6.03. The predicted octanol–water partition coefficient (Wildman–Crippen LogP) is 3.02. The Kier molecular flexibility index (Phi) is 5.71. The van der Waals surface area contributed by atoms with E-state index in [1.165, 1.54) is 19.3 Å². The van der Waals surface area contributed by atoms with Crippen LogP contribution in [-0.2, 0) is 0 Å². The molecule has 0 aromatic heterocycles. The van der Waals surface area contributed by atoms with Crippen LogP contribution in [0.3, 0.4) is 0 Å². The zero-order valence-corrected chi connectivity index (χ0v) is 13.5. The van der Waals surface area contributed by atoms with Crippen molar-refractivity contribution in [1.29, 1.82) is 0 Å². The Morgan fingerprint density at radius 1 is 1.35 bits per heavy atom. The highest BCUT2D eigenvalue weighted by Crippen LogP contribution is 2.24. The summed E-state index contributed by atoms with van der Waals surface area (Å²) >= 11 is 3.47. The number of aliphatic imine (C=N–C) groups is 1. The lowest BCUT2D eigenvalue weighted by Crippen LogP contribution is -2.41. The molecule has 1 saturated heterocycles. The number of ether oxygens (including phenoxy) is 1. The highest BCUT2D eigenvalue weighted by molar-refractivity contribution is 9.10. The summed E-state index contributed by atoms with van der Waals surface area (Å²) in [5.41, 5.74) is 6.03. The van der Waals surface area contributed by atoms with Crippen molar-refractivity contribution in [3.63, 3.8) is 0 Å². The van der Waals surface area contributed by atoms with Crippen LogP contribution in [0.4, 0.5) is 0 Å². The van der Waals surface area contributed by atoms with Gasteiger partial charge in [0.25, 0.3) is 0 Å². The topological polar surface area (TPSA) is 50.8 Å². The number of nitrogens with zero attached hydrogens (tertiary/aromatic N) is 2. The van der Waals surface area contributed by atoms with E-state index in [0.29, 0.717) is 12.5 Å². The van der Waals surface area contributed by atoms with Crippen molar-refractivity contribution in [3.05, 3.63) is 28.7 Å². The zero-order valence-electron chi connectivity index (χ0n) is 11.9. The smallest absolute Gasteiger partial charge is 0.191 e. The van der Waals surface area contributed by atoms with Gasteiger partial charge in [0.15, 0.2) is 5.96 Å². The average molecular weight is 340 g/mol. The Labute approximate surface area is 129 Å². The first-order valence-electron chi connectivity index (χ1n) is 7.13. The van der Waals surface area contributed by atoms with Crippen LogP contribution < -0.4 is 10.5 Å². The van der Waals surface area contributed by atoms with E-state index < -0.39 is 0 Å². The van der Waals surface area contributed by atoms with Gasteiger partial charge in [-0.15, -0.1) is 0 Å². The number of nitrogens with two attached hydrogens (primary N) is 1. The fourth-order valence-corrected chi connectivity index (χ4v) is 2.62. The quantitative estimate of drug-likeness (QED) is 0.677. The third-order valence-corrected chi connectivity index (χ3v) is 4.01. The van der Waals surface area contributed by atoms with Crippen molar-refractivity contribution in [1.82, 2.24) is 4.90 Å². The van der Waals surface area contributed by atoms with Crippen LogP contribution in [-0.4, -0.2) is 36.6 Å². The molecule has 0 saturated carbocycles. The number of hydrogen-bond acceptors (Lipinski definition) is 2. The van der Waals surface area contributed by atoms with Gasteiger partial charge in [-0.1, -0.05) is 12.1 Å². The molecule has 1 aliphatic heterocycles. The number of para-hydroxylation sites is 1. The molecule has 1 atom stereocenters. The minimum atomic E-state index is -0.00274. The summed E-state index contributed by atoms with van der Waals surface area (Å²) in [6.07, 6.45) is 3.71. The van der Waals surface area contributed by atoms with Crippen molar-refractivity contribution >= 4 is 21.9 Å². The number of benzene rings is 1. The van der Waals surface area contributed by atoms with E-state index in [1.54, 1.807) is 0 Å². The summed E-state index contributed by atoms with van der Waals surface area (Å²) in [6.45, 7) is 4.62. The summed E-state index contributed by atoms with van der Waals surface area (Å²) in [5.74, 6) is 1.49. The van der Waals surface area contributed by atoms with E-state index in [2.05, 4.69) is 25.8 Å². The average Bonchev–Trinajstić information content (AvgIpc) is 2.48. The van der Waals surface area contributed by atoms with Crippen LogP contribution >= 0.6 is 15.9 Å². The molecule has 0 aliphatic carbocycles. The van der Waals surface area contributed by atoms with Crippen molar-refractivity contribution in [3.8, 4) is 5.75 Å². The van der Waals surface area contributed by atoms with Gasteiger partial charge in [-0.05, 0) is 54.2 Å². The largest absolute Gasteiger partial charge is 0.488 e. The van der Waals surface area contributed by atoms with E-state index in [1.807, 2.05) is 31.2 Å². The molecule has 1 fully saturated rings. The number of piperidine rings is 1. The minimum Gasteiger partial charge on any atom is -0.488 e. The van der Waals surface area contributed by atoms with E-state index in [9.17, 15) is 0 Å². The molecule has 2 N–H and O–H groups in total. The van der Waals surface area contributed by atoms with E-state index >= 15 is 0 Å². The summed E-state index contributed by atoms with van der Waals surface area (Å²) in [6, 6.07) is 7.83. The first kappa shape index (κ1) is 15.2. The van der Waals surface area contributed by atoms with Crippen LogP contribution in [0.1, 0.15) is 26.2 Å². The van der Waals surface area contributed by atoms with Gasteiger partial charge in [-0.3, -0.25) is 0 Å². The molecule has 1 aromatic carbocycles. The third kappa shape index (κ3) is 4.40. The van der Waals surface area contributed by atoms with Crippen LogP contribution in [0, 0.1) is 0 Å². The molecule has 20 heavy (non-hydrogen) atoms. The van der Waals surface area contributed by atoms with Gasteiger partial charge in [0.05, 0.1) is 11.0 Å². The first-order valence-corrected chi connectivity index (χ1v) is 7.92. The highest BCUT2D eigenvalue weighted by atomic mass is 79.9. The van der Waals surface area contributed by atoms with Crippen LogP contribution in [0.5, 0.6) is 5.75 Å². The summed E-state index contributed by atoms with van der Waals surface area (Å²) < 4.78 is 6.81. The second-order valence-electron chi connectivity index (χ2n) is 5.11. The fourth-order valence-electron chi connectivity index (χ4n) is 2.24. The minimum absolute atomic E-state index is 0.00274. The zero-order chi connectivity index (χ0) is 14.4. The Hall–Kier alpha value is -1.23. The number of rotatable bonds is 4. The van der Waals surface area contributed by atoms with Crippen molar-refractivity contribution in [2.45, 2.75) is 32.3 Å². The Morgan fingerprint density at radius 3 is 2.75 bits per heavy atom. The first-order chi connectivity index (χ1) is 9.66. The molecular weight excluding hydrogens is 318 g/mol. The molecule has 0 bridgehead atoms. The van der Waals surface area contributed by atoms with Crippen molar-refractivity contribution in [2.75, 3.05) is 19.6 Å². The summed E-state index contributed by atoms with van der Waals surface area (Å²) in [5, 5.41) is 0. The van der Waals surface area contributed by atoms with Gasteiger partial charge in [-0.25, -0.2) is 4.99 Å². The third-order valence-electron chi connectivity index (χ3n) is 3.36. The number of guanidine groups is 1. The molecule has 0 spiro atoms. The molecule has 110 valence electrons. The summed E-state index contributed by atoms with van der Waals surface area (Å²) in [7, 11) is 0. The van der Waals surface area contributed by atoms with E-state index in [0.717, 1.165) is 23.3 Å². The lowest BCUT2D eigenvalue weighted by atomic mass is 10.1. The molecule has 1 heterocycles. The predicted molar refractivity (Wildman–Crippen MR) is 86.1 cm³/mol. The van der Waals surface area contributed by atoms with Gasteiger partial charge in [0, 0.05) is 13.1 Å². The Morgan fingerprint density at radius 2 is 2.05 bits per heavy atom. The maximum atomic E-state index is 6.03. The maximum Gasteiger partial charge on any atom is 0.191 e. The second-order valence-corrected chi connectivity index (χ2v) is 5.96. The standard InChI is InChI=1S/C15H22BrN3O/c1-12(20-14-8-4-3-7-13(14)16)11-18-15(17)19-9-5-2-6-10-19/h3-4,7-8,12H,2,5-6,9-11H2,1H3,(H2,17,18). The van der Waals surface area contributed by atoms with Gasteiger partial charge in [0.2, 0.25) is 0 Å². The van der Waals surface area contributed by atoms with Gasteiger partial charge in [-0.2, -0.15) is 0 Å². The molecule has 0 amide bonds. The normalized spacial score (nSPS) is 17.9. The molecule has 2 rings (SSSR count). The van der Waals surface area contributed by atoms with Crippen LogP contribution in [0.2, 0.25) is 0 Å². The van der Waals surface area contributed by atoms with Crippen molar-refractivity contribution in [2.24, 2.45) is 10.7 Å². The Bertz CT molecular complexity index is 458. The van der Waals surface area contributed by atoms with Crippen LogP contribution in [0.15, 0.2) is 33.7 Å². The lowest BCUT2D eigenvalue weighted by molar-refractivity contribution is 0.228. The molecular formula is C15H22BrN3O. The molecule has 1 aromatic rings. The fraction of sp³-hybridized carbons (Fsp3) is 0.533. The van der Waals surface area contributed by atoms with E-state index in [-0.39, 0.29) is 6.10 Å². The summed E-state index contributed by atoms with van der Waals surface area (Å²) in [4.78, 5) is 6.61. The second kappa shape index (κ2) is 7.53. The van der Waals surface area contributed by atoms with Crippen LogP contribution in [0.25, 0.3) is 0 Å². The lowest BCUT2D eigenvalue weighted by Gasteiger charge is -2.27. The monoisotopic (exact) mass is 339 g/mol. The number of halogens is 1. The SMILES string of the molecule is CC(CN=C(N)N1CCCCC1)Oc1ccccc1Br. The molecule has 1 unspecified atom stereocenters. The molecule has 1 aliphatic rings. The number of likely N-dealkylation sites (tertiary alicyclic amines) is 1. The molecule has 5 heteroatoms. The van der Waals surface area contributed by atoms with Crippen molar-refractivity contribution < 1.29 is 4.74 Å². The molecule has 4 nitrogen and oxygen atoms in total. The number of hydrogen-bond donors (Lipinski definition) is 1. The van der Waals surface area contributed by atoms with Gasteiger partial charge < -0.3 is 15.4 Å². The highest BCUT2D eigenvalue weighted by Gasteiger charge is 2.12. The van der Waals surface area contributed by atoms with Gasteiger partial charge in [0.1, 0.15) is 11.9 Å². The molecule has 0 radical (unpaired) electrons. The van der Waals surface area contributed by atoms with Gasteiger partial charge >= 0.3 is 0 Å². The van der Waals surface area contributed by atoms with E-state index in [4.69, 9.17) is 10.5 Å². The Balaban J connectivity index is 1.85.